The number of amides is 1. The predicted octanol–water partition coefficient (Wildman–Crippen LogP) is 3.98. The van der Waals surface area contributed by atoms with Gasteiger partial charge in [-0.25, -0.2) is 0 Å². The second kappa shape index (κ2) is 9.61. The fraction of sp³-hybridized carbons (Fsp3) is 0.308. The molecule has 0 spiro atoms. The number of carbonyl (C=O) groups is 2. The standard InChI is InChI=1S/C26H28N2O6/c1-27(2)13-6-14-28-22(16-9-11-18(32-3)12-10-16)21(24(30)26(28)31)23(29)20-15-17-7-5-8-19(33-4)25(17)34-20/h5,7-12,15,22,30H,6,13-14H2,1-4H3/t22-/m1/s1. The molecule has 1 aliphatic rings. The van der Waals surface area contributed by atoms with E-state index in [9.17, 15) is 14.7 Å². The zero-order valence-corrected chi connectivity index (χ0v) is 19.7. The number of hydrogen-bond donors (Lipinski definition) is 1. The monoisotopic (exact) mass is 464 g/mol. The quantitative estimate of drug-likeness (QED) is 0.479. The Bertz CT molecular complexity index is 1240. The van der Waals surface area contributed by atoms with Crippen LogP contribution in [0.1, 0.15) is 28.6 Å². The highest BCUT2D eigenvalue weighted by Crippen LogP contribution is 2.40. The number of benzene rings is 2. The number of aliphatic hydroxyl groups is 1. The first kappa shape index (κ1) is 23.4. The van der Waals surface area contributed by atoms with Gasteiger partial charge >= 0.3 is 0 Å². The maximum absolute atomic E-state index is 13.6. The van der Waals surface area contributed by atoms with Crippen LogP contribution in [0.4, 0.5) is 0 Å². The lowest BCUT2D eigenvalue weighted by Crippen LogP contribution is -2.33. The first-order chi connectivity index (χ1) is 16.3. The molecule has 3 aromatic rings. The summed E-state index contributed by atoms with van der Waals surface area (Å²) >= 11 is 0. The van der Waals surface area contributed by atoms with E-state index in [1.165, 1.54) is 12.0 Å². The van der Waals surface area contributed by atoms with Gasteiger partial charge in [0.1, 0.15) is 5.75 Å². The van der Waals surface area contributed by atoms with Gasteiger partial charge in [-0.15, -0.1) is 0 Å². The molecule has 8 heteroatoms. The van der Waals surface area contributed by atoms with Crippen molar-refractivity contribution in [2.75, 3.05) is 41.4 Å². The highest BCUT2D eigenvalue weighted by Gasteiger charge is 2.44. The number of carbonyl (C=O) groups excluding carboxylic acids is 2. The van der Waals surface area contributed by atoms with Crippen molar-refractivity contribution < 1.29 is 28.6 Å². The molecule has 34 heavy (non-hydrogen) atoms. The smallest absolute Gasteiger partial charge is 0.290 e. The molecular formula is C26H28N2O6. The zero-order valence-electron chi connectivity index (χ0n) is 19.7. The van der Waals surface area contributed by atoms with Gasteiger partial charge in [0.15, 0.2) is 22.9 Å². The Morgan fingerprint density at radius 3 is 2.50 bits per heavy atom. The van der Waals surface area contributed by atoms with E-state index in [0.29, 0.717) is 41.0 Å². The summed E-state index contributed by atoms with van der Waals surface area (Å²) in [4.78, 5) is 30.3. The number of para-hydroxylation sites is 1. The molecule has 8 nitrogen and oxygen atoms in total. The van der Waals surface area contributed by atoms with Crippen molar-refractivity contribution in [1.29, 1.82) is 0 Å². The van der Waals surface area contributed by atoms with Crippen LogP contribution in [0, 0.1) is 0 Å². The zero-order chi connectivity index (χ0) is 24.4. The van der Waals surface area contributed by atoms with E-state index in [2.05, 4.69) is 0 Å². The van der Waals surface area contributed by atoms with Gasteiger partial charge in [0.2, 0.25) is 5.78 Å². The van der Waals surface area contributed by atoms with Crippen LogP contribution in [0.3, 0.4) is 0 Å². The van der Waals surface area contributed by atoms with Gasteiger partial charge in [-0.3, -0.25) is 9.59 Å². The second-order valence-electron chi connectivity index (χ2n) is 8.41. The molecule has 2 heterocycles. The van der Waals surface area contributed by atoms with Crippen molar-refractivity contribution in [3.8, 4) is 11.5 Å². The fourth-order valence-electron chi connectivity index (χ4n) is 4.25. The number of Topliss-reactive ketones (excluding diaryl/α,β-unsaturated/α-hetero) is 1. The van der Waals surface area contributed by atoms with Gasteiger partial charge in [-0.2, -0.15) is 0 Å². The van der Waals surface area contributed by atoms with Crippen LogP contribution in [0.2, 0.25) is 0 Å². The average molecular weight is 465 g/mol. The van der Waals surface area contributed by atoms with E-state index in [1.54, 1.807) is 55.6 Å². The van der Waals surface area contributed by atoms with Crippen molar-refractivity contribution in [2.24, 2.45) is 0 Å². The molecule has 4 rings (SSSR count). The molecule has 1 N–H and O–H groups in total. The van der Waals surface area contributed by atoms with Gasteiger partial charge in [0.25, 0.3) is 5.91 Å². The summed E-state index contributed by atoms with van der Waals surface area (Å²) in [5.74, 6) is -0.491. The molecule has 178 valence electrons. The molecule has 0 fully saturated rings. The summed E-state index contributed by atoms with van der Waals surface area (Å²) in [5.41, 5.74) is 1.12. The van der Waals surface area contributed by atoms with Crippen LogP contribution in [0.5, 0.6) is 11.5 Å². The van der Waals surface area contributed by atoms with E-state index in [4.69, 9.17) is 13.9 Å². The number of ether oxygens (including phenoxy) is 2. The Morgan fingerprint density at radius 2 is 1.85 bits per heavy atom. The molecule has 0 saturated carbocycles. The molecule has 0 radical (unpaired) electrons. The molecule has 2 aromatic carbocycles. The van der Waals surface area contributed by atoms with Gasteiger partial charge < -0.3 is 28.8 Å². The summed E-state index contributed by atoms with van der Waals surface area (Å²) in [5, 5.41) is 11.5. The summed E-state index contributed by atoms with van der Waals surface area (Å²) in [7, 11) is 6.99. The number of rotatable bonds is 9. The topological polar surface area (TPSA) is 92.4 Å². The maximum atomic E-state index is 13.6. The summed E-state index contributed by atoms with van der Waals surface area (Å²) in [6, 6.07) is 13.3. The minimum Gasteiger partial charge on any atom is -0.503 e. The summed E-state index contributed by atoms with van der Waals surface area (Å²) in [6.45, 7) is 1.13. The molecule has 1 aliphatic heterocycles. The third-order valence-electron chi connectivity index (χ3n) is 5.94. The number of aliphatic hydroxyl groups excluding tert-OH is 1. The van der Waals surface area contributed by atoms with Crippen LogP contribution in [-0.2, 0) is 4.79 Å². The maximum Gasteiger partial charge on any atom is 0.290 e. The normalized spacial score (nSPS) is 16.1. The molecule has 0 bridgehead atoms. The number of fused-ring (bicyclic) bond motifs is 1. The number of nitrogens with zero attached hydrogens (tertiary/aromatic N) is 2. The lowest BCUT2D eigenvalue weighted by atomic mass is 9.95. The van der Waals surface area contributed by atoms with Crippen LogP contribution in [0.25, 0.3) is 11.0 Å². The largest absolute Gasteiger partial charge is 0.503 e. The molecule has 1 atom stereocenters. The lowest BCUT2D eigenvalue weighted by molar-refractivity contribution is -0.129. The van der Waals surface area contributed by atoms with E-state index in [-0.39, 0.29) is 11.3 Å². The first-order valence-electron chi connectivity index (χ1n) is 11.0. The fourth-order valence-corrected chi connectivity index (χ4v) is 4.25. The highest BCUT2D eigenvalue weighted by molar-refractivity contribution is 6.16. The highest BCUT2D eigenvalue weighted by atomic mass is 16.5. The molecule has 0 unspecified atom stereocenters. The molecule has 0 saturated heterocycles. The van der Waals surface area contributed by atoms with Crippen molar-refractivity contribution in [1.82, 2.24) is 9.80 Å². The van der Waals surface area contributed by atoms with E-state index in [0.717, 1.165) is 6.54 Å². The van der Waals surface area contributed by atoms with Gasteiger partial charge in [-0.1, -0.05) is 24.3 Å². The van der Waals surface area contributed by atoms with Crippen LogP contribution >= 0.6 is 0 Å². The number of hydrogen-bond acceptors (Lipinski definition) is 7. The van der Waals surface area contributed by atoms with Crippen molar-refractivity contribution >= 4 is 22.7 Å². The van der Waals surface area contributed by atoms with Crippen molar-refractivity contribution in [2.45, 2.75) is 12.5 Å². The molecule has 1 amide bonds. The van der Waals surface area contributed by atoms with E-state index in [1.807, 2.05) is 19.0 Å². The Morgan fingerprint density at radius 1 is 1.12 bits per heavy atom. The van der Waals surface area contributed by atoms with Crippen LogP contribution < -0.4 is 9.47 Å². The molecular weight excluding hydrogens is 436 g/mol. The number of methoxy groups -OCH3 is 2. The number of ketones is 1. The van der Waals surface area contributed by atoms with Crippen LogP contribution in [-0.4, -0.2) is 68.0 Å². The Hall–Kier alpha value is -3.78. The van der Waals surface area contributed by atoms with Crippen LogP contribution in [0.15, 0.2) is 64.3 Å². The van der Waals surface area contributed by atoms with Gasteiger partial charge in [0, 0.05) is 11.9 Å². The minimum atomic E-state index is -0.747. The lowest BCUT2D eigenvalue weighted by Gasteiger charge is -2.27. The van der Waals surface area contributed by atoms with E-state index >= 15 is 0 Å². The molecule has 0 aliphatic carbocycles. The van der Waals surface area contributed by atoms with Gasteiger partial charge in [-0.05, 0) is 56.9 Å². The van der Waals surface area contributed by atoms with Gasteiger partial charge in [0.05, 0.1) is 25.8 Å². The minimum absolute atomic E-state index is 0.00181. The first-order valence-corrected chi connectivity index (χ1v) is 11.0. The SMILES string of the molecule is COc1ccc([C@@H]2C(C(=O)c3cc4cccc(OC)c4o3)=C(O)C(=O)N2CCCN(C)C)cc1. The summed E-state index contributed by atoms with van der Waals surface area (Å²) in [6.07, 6.45) is 0.683. The average Bonchev–Trinajstić information content (AvgIpc) is 3.38. The second-order valence-corrected chi connectivity index (χ2v) is 8.41. The Labute approximate surface area is 198 Å². The van der Waals surface area contributed by atoms with Crippen molar-refractivity contribution in [3.63, 3.8) is 0 Å². The number of furan rings is 1. The Kier molecular flexibility index (Phi) is 6.61. The van der Waals surface area contributed by atoms with Crippen molar-refractivity contribution in [3.05, 3.63) is 71.2 Å². The predicted molar refractivity (Wildman–Crippen MR) is 127 cm³/mol. The third kappa shape index (κ3) is 4.24. The summed E-state index contributed by atoms with van der Waals surface area (Å²) < 4.78 is 16.4. The van der Waals surface area contributed by atoms with E-state index < -0.39 is 23.5 Å². The Balaban J connectivity index is 1.76. The third-order valence-corrected chi connectivity index (χ3v) is 5.94. The molecule has 1 aromatic heterocycles.